The number of nitrogens with zero attached hydrogens (tertiary/aromatic N) is 1. The van der Waals surface area contributed by atoms with Crippen molar-refractivity contribution in [3.05, 3.63) is 59.2 Å². The largest absolute Gasteiger partial charge is 0.348 e. The summed E-state index contributed by atoms with van der Waals surface area (Å²) in [5.74, 6) is -0.321. The minimum Gasteiger partial charge on any atom is -0.348 e. The van der Waals surface area contributed by atoms with Gasteiger partial charge in [-0.15, -0.1) is 11.8 Å². The molecule has 0 aliphatic rings. The average Bonchev–Trinajstić information content (AvgIpc) is 2.66. The standard InChI is InChI=1S/C21H28N2O3S2/c1-6-20(19-12-7-15(2)13-16(19)3)22-21(24)14-23(4)28(25,26)18-10-8-17(27-5)9-11-18/h7-13,20H,6,14H2,1-5H3,(H,22,24)/t20-/m0/s1. The lowest BCUT2D eigenvalue weighted by molar-refractivity contribution is -0.121. The fourth-order valence-electron chi connectivity index (χ4n) is 3.07. The van der Waals surface area contributed by atoms with Crippen LogP contribution in [0.2, 0.25) is 0 Å². The summed E-state index contributed by atoms with van der Waals surface area (Å²) >= 11 is 1.54. The smallest absolute Gasteiger partial charge is 0.243 e. The third kappa shape index (κ3) is 5.37. The van der Waals surface area contributed by atoms with Crippen LogP contribution in [-0.2, 0) is 14.8 Å². The van der Waals surface area contributed by atoms with Crippen molar-refractivity contribution in [2.24, 2.45) is 0 Å². The van der Waals surface area contributed by atoms with Gasteiger partial charge in [0.15, 0.2) is 0 Å². The Bertz CT molecular complexity index is 925. The Hall–Kier alpha value is -1.83. The molecule has 2 aromatic carbocycles. The summed E-state index contributed by atoms with van der Waals surface area (Å²) in [5, 5.41) is 2.97. The van der Waals surface area contributed by atoms with Crippen LogP contribution < -0.4 is 5.32 Å². The molecule has 0 spiro atoms. The molecule has 5 nitrogen and oxygen atoms in total. The third-order valence-corrected chi connectivity index (χ3v) is 7.24. The van der Waals surface area contributed by atoms with E-state index in [2.05, 4.69) is 11.4 Å². The summed E-state index contributed by atoms with van der Waals surface area (Å²) in [7, 11) is -2.29. The van der Waals surface area contributed by atoms with Gasteiger partial charge in [-0.2, -0.15) is 4.31 Å². The van der Waals surface area contributed by atoms with Crippen molar-refractivity contribution in [2.45, 2.75) is 43.0 Å². The zero-order valence-electron chi connectivity index (χ0n) is 17.0. The lowest BCUT2D eigenvalue weighted by Gasteiger charge is -2.22. The summed E-state index contributed by atoms with van der Waals surface area (Å²) in [6.45, 7) is 5.82. The molecule has 0 saturated carbocycles. The predicted octanol–water partition coefficient (Wildman–Crippen LogP) is 3.91. The number of amides is 1. The predicted molar refractivity (Wildman–Crippen MR) is 115 cm³/mol. The molecule has 28 heavy (non-hydrogen) atoms. The maximum atomic E-state index is 12.7. The Labute approximate surface area is 172 Å². The fraction of sp³-hybridized carbons (Fsp3) is 0.381. The molecule has 0 saturated heterocycles. The number of carbonyl (C=O) groups excluding carboxylic acids is 1. The molecule has 0 radical (unpaired) electrons. The molecule has 1 atom stereocenters. The summed E-state index contributed by atoms with van der Waals surface area (Å²) in [6, 6.07) is 12.6. The molecule has 0 aliphatic heterocycles. The molecule has 7 heteroatoms. The minimum absolute atomic E-state index is 0.148. The Morgan fingerprint density at radius 3 is 2.32 bits per heavy atom. The van der Waals surface area contributed by atoms with Gasteiger partial charge in [0.05, 0.1) is 17.5 Å². The highest BCUT2D eigenvalue weighted by atomic mass is 32.2. The van der Waals surface area contributed by atoms with E-state index >= 15 is 0 Å². The first-order chi connectivity index (χ1) is 13.2. The zero-order chi connectivity index (χ0) is 20.9. The lowest BCUT2D eigenvalue weighted by atomic mass is 9.97. The van der Waals surface area contributed by atoms with Crippen LogP contribution in [0, 0.1) is 13.8 Å². The molecule has 1 N–H and O–H groups in total. The van der Waals surface area contributed by atoms with Crippen LogP contribution in [0.1, 0.15) is 36.1 Å². The molecule has 0 bridgehead atoms. The first-order valence-corrected chi connectivity index (χ1v) is 11.8. The summed E-state index contributed by atoms with van der Waals surface area (Å²) in [4.78, 5) is 13.7. The van der Waals surface area contributed by atoms with Crippen LogP contribution in [-0.4, -0.2) is 38.5 Å². The van der Waals surface area contributed by atoms with E-state index in [1.807, 2.05) is 39.2 Å². The van der Waals surface area contributed by atoms with Crippen LogP contribution in [0.5, 0.6) is 0 Å². The second-order valence-corrected chi connectivity index (χ2v) is 9.75. The highest BCUT2D eigenvalue weighted by molar-refractivity contribution is 7.98. The van der Waals surface area contributed by atoms with Gasteiger partial charge in [0.1, 0.15) is 0 Å². The van der Waals surface area contributed by atoms with Crippen LogP contribution in [0.25, 0.3) is 0 Å². The van der Waals surface area contributed by atoms with Gasteiger partial charge < -0.3 is 5.32 Å². The van der Waals surface area contributed by atoms with E-state index in [0.29, 0.717) is 0 Å². The summed E-state index contributed by atoms with van der Waals surface area (Å²) in [6.07, 6.45) is 2.65. The van der Waals surface area contributed by atoms with Crippen LogP contribution in [0.3, 0.4) is 0 Å². The molecular formula is C21H28N2O3S2. The second-order valence-electron chi connectivity index (χ2n) is 6.83. The number of aryl methyl sites for hydroxylation is 2. The summed E-state index contributed by atoms with van der Waals surface area (Å²) in [5.41, 5.74) is 3.34. The van der Waals surface area contributed by atoms with Gasteiger partial charge >= 0.3 is 0 Å². The normalized spacial score (nSPS) is 12.8. The van der Waals surface area contributed by atoms with Crippen molar-refractivity contribution in [1.82, 2.24) is 9.62 Å². The zero-order valence-corrected chi connectivity index (χ0v) is 18.7. The van der Waals surface area contributed by atoms with Crippen molar-refractivity contribution in [3.63, 3.8) is 0 Å². The number of thioether (sulfide) groups is 1. The van der Waals surface area contributed by atoms with Crippen molar-refractivity contribution >= 4 is 27.7 Å². The van der Waals surface area contributed by atoms with Crippen molar-refractivity contribution in [2.75, 3.05) is 19.8 Å². The average molecular weight is 421 g/mol. The topological polar surface area (TPSA) is 66.5 Å². The lowest BCUT2D eigenvalue weighted by Crippen LogP contribution is -2.39. The number of carbonyl (C=O) groups is 1. The van der Waals surface area contributed by atoms with E-state index in [1.54, 1.807) is 36.0 Å². The molecule has 2 aromatic rings. The van der Waals surface area contributed by atoms with Crippen molar-refractivity contribution in [3.8, 4) is 0 Å². The van der Waals surface area contributed by atoms with Crippen LogP contribution >= 0.6 is 11.8 Å². The third-order valence-electron chi connectivity index (χ3n) is 4.68. The highest BCUT2D eigenvalue weighted by Gasteiger charge is 2.24. The molecule has 0 aliphatic carbocycles. The quantitative estimate of drug-likeness (QED) is 0.658. The van der Waals surface area contributed by atoms with Gasteiger partial charge in [-0.05, 0) is 61.9 Å². The molecule has 152 valence electrons. The number of nitrogens with one attached hydrogen (secondary N) is 1. The SMILES string of the molecule is CC[C@H](NC(=O)CN(C)S(=O)(=O)c1ccc(SC)cc1)c1ccc(C)cc1C. The molecule has 0 aromatic heterocycles. The minimum atomic E-state index is -3.72. The molecule has 1 amide bonds. The highest BCUT2D eigenvalue weighted by Crippen LogP contribution is 2.22. The van der Waals surface area contributed by atoms with Crippen molar-refractivity contribution < 1.29 is 13.2 Å². The van der Waals surface area contributed by atoms with Gasteiger partial charge in [-0.25, -0.2) is 8.42 Å². The van der Waals surface area contributed by atoms with Gasteiger partial charge in [-0.1, -0.05) is 30.7 Å². The first-order valence-electron chi connectivity index (χ1n) is 9.16. The second kappa shape index (κ2) is 9.58. The van der Waals surface area contributed by atoms with E-state index < -0.39 is 10.0 Å². The van der Waals surface area contributed by atoms with E-state index in [-0.39, 0.29) is 23.4 Å². The maximum absolute atomic E-state index is 12.7. The number of likely N-dealkylation sites (N-methyl/N-ethyl adjacent to an activating group) is 1. The van der Waals surface area contributed by atoms with Gasteiger partial charge in [0.2, 0.25) is 15.9 Å². The Kier molecular flexibility index (Phi) is 7.69. The number of hydrogen-bond acceptors (Lipinski definition) is 4. The Morgan fingerprint density at radius 1 is 1.14 bits per heavy atom. The first kappa shape index (κ1) is 22.5. The van der Waals surface area contributed by atoms with E-state index in [9.17, 15) is 13.2 Å². The number of hydrogen-bond donors (Lipinski definition) is 1. The van der Waals surface area contributed by atoms with Gasteiger partial charge in [0, 0.05) is 11.9 Å². The number of benzene rings is 2. The Balaban J connectivity index is 2.09. The van der Waals surface area contributed by atoms with E-state index in [1.165, 1.54) is 12.6 Å². The van der Waals surface area contributed by atoms with Crippen molar-refractivity contribution in [1.29, 1.82) is 0 Å². The molecule has 0 heterocycles. The fourth-order valence-corrected chi connectivity index (χ4v) is 4.61. The van der Waals surface area contributed by atoms with E-state index in [0.717, 1.165) is 26.7 Å². The van der Waals surface area contributed by atoms with Gasteiger partial charge in [-0.3, -0.25) is 4.79 Å². The van der Waals surface area contributed by atoms with Gasteiger partial charge in [0.25, 0.3) is 0 Å². The molecule has 2 rings (SSSR count). The Morgan fingerprint density at radius 2 is 1.79 bits per heavy atom. The molecule has 0 unspecified atom stereocenters. The van der Waals surface area contributed by atoms with E-state index in [4.69, 9.17) is 0 Å². The number of rotatable bonds is 8. The summed E-state index contributed by atoms with van der Waals surface area (Å²) < 4.78 is 26.5. The monoisotopic (exact) mass is 420 g/mol. The maximum Gasteiger partial charge on any atom is 0.243 e. The van der Waals surface area contributed by atoms with Crippen LogP contribution in [0.4, 0.5) is 0 Å². The van der Waals surface area contributed by atoms with Crippen LogP contribution in [0.15, 0.2) is 52.3 Å². The molecule has 0 fully saturated rings. The number of sulfonamides is 1. The molecular weight excluding hydrogens is 392 g/mol.